The number of carboxylic acids is 1. The highest BCUT2D eigenvalue weighted by atomic mass is 32.1. The predicted molar refractivity (Wildman–Crippen MR) is 65.4 cm³/mol. The van der Waals surface area contributed by atoms with Crippen LogP contribution in [0.25, 0.3) is 0 Å². The van der Waals surface area contributed by atoms with Crippen LogP contribution < -0.4 is 5.32 Å². The number of nitrogens with one attached hydrogen (secondary N) is 1. The summed E-state index contributed by atoms with van der Waals surface area (Å²) in [5, 5.41) is 16.2. The molecule has 0 saturated heterocycles. The number of furan rings is 1. The van der Waals surface area contributed by atoms with Crippen LogP contribution >= 0.6 is 11.3 Å². The number of hydrogen-bond acceptors (Lipinski definition) is 4. The molecule has 2 aromatic heterocycles. The van der Waals surface area contributed by atoms with E-state index in [0.717, 1.165) is 13.0 Å². The van der Waals surface area contributed by atoms with Crippen molar-refractivity contribution >= 4 is 17.3 Å². The lowest BCUT2D eigenvalue weighted by molar-refractivity contribution is 0.0694. The largest absolute Gasteiger partial charge is 0.478 e. The first kappa shape index (κ1) is 11.9. The summed E-state index contributed by atoms with van der Waals surface area (Å²) >= 11 is 1.68. The highest BCUT2D eigenvalue weighted by Gasteiger charge is 2.12. The molecule has 0 spiro atoms. The zero-order valence-electron chi connectivity index (χ0n) is 9.18. The number of carboxylic acid groups (broad SMARTS) is 1. The summed E-state index contributed by atoms with van der Waals surface area (Å²) in [5.41, 5.74) is 1.52. The van der Waals surface area contributed by atoms with E-state index in [4.69, 9.17) is 9.52 Å². The summed E-state index contributed by atoms with van der Waals surface area (Å²) in [7, 11) is 0. The van der Waals surface area contributed by atoms with Crippen LogP contribution in [-0.2, 0) is 13.0 Å². The van der Waals surface area contributed by atoms with Gasteiger partial charge >= 0.3 is 5.97 Å². The van der Waals surface area contributed by atoms with E-state index < -0.39 is 5.97 Å². The number of carbonyl (C=O) groups is 1. The van der Waals surface area contributed by atoms with Crippen molar-refractivity contribution in [3.63, 3.8) is 0 Å². The SMILES string of the molecule is O=C(O)c1ccoc1CNCCc1ccsc1. The minimum absolute atomic E-state index is 0.230. The van der Waals surface area contributed by atoms with Crippen LogP contribution in [0.4, 0.5) is 0 Å². The Kier molecular flexibility index (Phi) is 3.95. The van der Waals surface area contributed by atoms with Gasteiger partial charge < -0.3 is 14.8 Å². The lowest BCUT2D eigenvalue weighted by atomic mass is 10.2. The predicted octanol–water partition coefficient (Wildman–Crippen LogP) is 2.37. The van der Waals surface area contributed by atoms with Crippen molar-refractivity contribution in [3.8, 4) is 0 Å². The molecular weight excluding hydrogens is 238 g/mol. The topological polar surface area (TPSA) is 62.5 Å². The fourth-order valence-corrected chi connectivity index (χ4v) is 2.24. The van der Waals surface area contributed by atoms with E-state index in [1.54, 1.807) is 11.3 Å². The second kappa shape index (κ2) is 5.65. The second-order valence-electron chi connectivity index (χ2n) is 3.62. The number of thiophene rings is 1. The molecule has 4 nitrogen and oxygen atoms in total. The Balaban J connectivity index is 1.78. The molecule has 17 heavy (non-hydrogen) atoms. The molecular formula is C12H13NO3S. The molecule has 0 atom stereocenters. The van der Waals surface area contributed by atoms with E-state index in [1.165, 1.54) is 17.9 Å². The molecule has 0 amide bonds. The Morgan fingerprint density at radius 3 is 3.06 bits per heavy atom. The zero-order valence-corrected chi connectivity index (χ0v) is 10.00. The van der Waals surface area contributed by atoms with Crippen molar-refractivity contribution in [3.05, 3.63) is 46.0 Å². The molecule has 0 aliphatic heterocycles. The summed E-state index contributed by atoms with van der Waals surface area (Å²) in [4.78, 5) is 10.8. The normalized spacial score (nSPS) is 10.6. The van der Waals surface area contributed by atoms with Crippen LogP contribution in [0.2, 0.25) is 0 Å². The maximum atomic E-state index is 10.8. The third kappa shape index (κ3) is 3.18. The molecule has 90 valence electrons. The Bertz CT molecular complexity index is 476. The van der Waals surface area contributed by atoms with Gasteiger partial charge in [-0.1, -0.05) is 0 Å². The van der Waals surface area contributed by atoms with Gasteiger partial charge in [-0.15, -0.1) is 0 Å². The van der Waals surface area contributed by atoms with Gasteiger partial charge in [0.25, 0.3) is 0 Å². The summed E-state index contributed by atoms with van der Waals surface area (Å²) in [6.45, 7) is 1.25. The summed E-state index contributed by atoms with van der Waals surface area (Å²) in [5.74, 6) is -0.476. The van der Waals surface area contributed by atoms with Gasteiger partial charge in [0.05, 0.1) is 12.8 Å². The molecule has 0 fully saturated rings. The molecule has 0 unspecified atom stereocenters. The monoisotopic (exact) mass is 251 g/mol. The third-order valence-corrected chi connectivity index (χ3v) is 3.16. The molecule has 0 aromatic carbocycles. The van der Waals surface area contributed by atoms with Gasteiger partial charge in [0, 0.05) is 0 Å². The Morgan fingerprint density at radius 2 is 2.35 bits per heavy atom. The van der Waals surface area contributed by atoms with Crippen LogP contribution in [-0.4, -0.2) is 17.6 Å². The number of hydrogen-bond donors (Lipinski definition) is 2. The summed E-state index contributed by atoms with van der Waals surface area (Å²) in [6, 6.07) is 3.56. The molecule has 0 aliphatic carbocycles. The molecule has 2 rings (SSSR count). The molecule has 0 saturated carbocycles. The van der Waals surface area contributed by atoms with E-state index in [-0.39, 0.29) is 5.56 Å². The average Bonchev–Trinajstić information content (AvgIpc) is 2.95. The molecule has 2 aromatic rings. The lowest BCUT2D eigenvalue weighted by Crippen LogP contribution is -2.17. The highest BCUT2D eigenvalue weighted by molar-refractivity contribution is 7.07. The van der Waals surface area contributed by atoms with Crippen LogP contribution in [0.15, 0.2) is 33.6 Å². The molecule has 2 heterocycles. The maximum absolute atomic E-state index is 10.8. The molecule has 0 bridgehead atoms. The fraction of sp³-hybridized carbons (Fsp3) is 0.250. The van der Waals surface area contributed by atoms with Gasteiger partial charge in [0.15, 0.2) is 0 Å². The standard InChI is InChI=1S/C12H13NO3S/c14-12(15)10-2-5-16-11(10)7-13-4-1-9-3-6-17-8-9/h2-3,5-6,8,13H,1,4,7H2,(H,14,15). The minimum Gasteiger partial charge on any atom is -0.478 e. The maximum Gasteiger partial charge on any atom is 0.339 e. The van der Waals surface area contributed by atoms with Crippen molar-refractivity contribution in [1.29, 1.82) is 0 Å². The van der Waals surface area contributed by atoms with Gasteiger partial charge in [-0.2, -0.15) is 11.3 Å². The smallest absolute Gasteiger partial charge is 0.339 e. The number of aromatic carboxylic acids is 1. The minimum atomic E-state index is -0.951. The van der Waals surface area contributed by atoms with Crippen molar-refractivity contribution in [2.24, 2.45) is 0 Å². The fourth-order valence-electron chi connectivity index (χ4n) is 1.54. The Morgan fingerprint density at radius 1 is 1.47 bits per heavy atom. The zero-order chi connectivity index (χ0) is 12.1. The lowest BCUT2D eigenvalue weighted by Gasteiger charge is -2.02. The average molecular weight is 251 g/mol. The van der Waals surface area contributed by atoms with E-state index in [9.17, 15) is 4.79 Å². The van der Waals surface area contributed by atoms with Crippen LogP contribution in [0.5, 0.6) is 0 Å². The quantitative estimate of drug-likeness (QED) is 0.774. The first-order chi connectivity index (χ1) is 8.27. The molecule has 2 N–H and O–H groups in total. The first-order valence-electron chi connectivity index (χ1n) is 5.29. The second-order valence-corrected chi connectivity index (χ2v) is 4.40. The first-order valence-corrected chi connectivity index (χ1v) is 6.23. The van der Waals surface area contributed by atoms with E-state index in [2.05, 4.69) is 16.8 Å². The molecule has 5 heteroatoms. The van der Waals surface area contributed by atoms with Gasteiger partial charge in [0.2, 0.25) is 0 Å². The van der Waals surface area contributed by atoms with Gasteiger partial charge in [-0.25, -0.2) is 4.79 Å². The summed E-state index contributed by atoms with van der Waals surface area (Å²) < 4.78 is 5.12. The highest BCUT2D eigenvalue weighted by Crippen LogP contribution is 2.10. The summed E-state index contributed by atoms with van der Waals surface area (Å²) in [6.07, 6.45) is 2.34. The third-order valence-electron chi connectivity index (χ3n) is 2.43. The van der Waals surface area contributed by atoms with Crippen molar-refractivity contribution in [2.45, 2.75) is 13.0 Å². The van der Waals surface area contributed by atoms with Gasteiger partial charge in [0.1, 0.15) is 11.3 Å². The van der Waals surface area contributed by atoms with Crippen LogP contribution in [0, 0.1) is 0 Å². The molecule has 0 radical (unpaired) electrons. The van der Waals surface area contributed by atoms with Crippen molar-refractivity contribution in [1.82, 2.24) is 5.32 Å². The van der Waals surface area contributed by atoms with Crippen LogP contribution in [0.1, 0.15) is 21.7 Å². The van der Waals surface area contributed by atoms with Crippen molar-refractivity contribution in [2.75, 3.05) is 6.54 Å². The van der Waals surface area contributed by atoms with Gasteiger partial charge in [-0.3, -0.25) is 0 Å². The number of rotatable bonds is 6. The van der Waals surface area contributed by atoms with E-state index >= 15 is 0 Å². The van der Waals surface area contributed by atoms with E-state index in [1.807, 2.05) is 5.38 Å². The molecule has 0 aliphatic rings. The van der Waals surface area contributed by atoms with Gasteiger partial charge in [-0.05, 0) is 41.4 Å². The Hall–Kier alpha value is -1.59. The van der Waals surface area contributed by atoms with Crippen LogP contribution in [0.3, 0.4) is 0 Å². The van der Waals surface area contributed by atoms with E-state index in [0.29, 0.717) is 12.3 Å². The Labute approximate surface area is 103 Å². The van der Waals surface area contributed by atoms with Crippen molar-refractivity contribution < 1.29 is 14.3 Å².